The fourth-order valence-electron chi connectivity index (χ4n) is 3.68. The van der Waals surface area contributed by atoms with Crippen LogP contribution in [0.3, 0.4) is 0 Å². The number of carbonyl (C=O) groups is 1. The lowest BCUT2D eigenvalue weighted by Crippen LogP contribution is -2.15. The average molecular weight is 545 g/mol. The number of hydrogen-bond acceptors (Lipinski definition) is 7. The number of sulfonamides is 1. The minimum Gasteiger partial charge on any atom is -0.493 e. The van der Waals surface area contributed by atoms with E-state index < -0.39 is 10.0 Å². The second kappa shape index (κ2) is 12.2. The van der Waals surface area contributed by atoms with E-state index in [1.54, 1.807) is 45.2 Å². The van der Waals surface area contributed by atoms with Crippen molar-refractivity contribution in [3.63, 3.8) is 0 Å². The van der Waals surface area contributed by atoms with Crippen LogP contribution < -0.4 is 19.5 Å². The van der Waals surface area contributed by atoms with Crippen molar-refractivity contribution in [3.05, 3.63) is 108 Å². The van der Waals surface area contributed by atoms with E-state index in [1.165, 1.54) is 30.3 Å². The molecule has 0 saturated carbocycles. The predicted octanol–water partition coefficient (Wildman–Crippen LogP) is 5.13. The van der Waals surface area contributed by atoms with E-state index in [0.717, 1.165) is 11.1 Å². The van der Waals surface area contributed by atoms with Crippen molar-refractivity contribution in [2.75, 3.05) is 17.1 Å². The molecule has 2 N–H and O–H groups in total. The van der Waals surface area contributed by atoms with Gasteiger partial charge in [0.2, 0.25) is 5.91 Å². The number of nitrogens with one attached hydrogen (secondary N) is 2. The molecule has 0 aliphatic rings. The van der Waals surface area contributed by atoms with Gasteiger partial charge in [-0.05, 0) is 67.4 Å². The van der Waals surface area contributed by atoms with Crippen LogP contribution in [0.2, 0.25) is 0 Å². The van der Waals surface area contributed by atoms with Crippen molar-refractivity contribution >= 4 is 33.5 Å². The normalized spacial score (nSPS) is 11.3. The lowest BCUT2D eigenvalue weighted by atomic mass is 10.2. The maximum atomic E-state index is 12.7. The van der Waals surface area contributed by atoms with Crippen molar-refractivity contribution in [1.82, 2.24) is 9.97 Å². The fraction of sp³-hybridized carbons (Fsp3) is 0.138. The molecule has 0 unspecified atom stereocenters. The minimum absolute atomic E-state index is 0.0339. The zero-order valence-electron chi connectivity index (χ0n) is 21.7. The van der Waals surface area contributed by atoms with Crippen molar-refractivity contribution < 1.29 is 22.7 Å². The topological polar surface area (TPSA) is 120 Å². The molecular formula is C29H28N4O5S. The molecule has 3 aromatic carbocycles. The molecule has 0 spiro atoms. The Labute approximate surface area is 227 Å². The van der Waals surface area contributed by atoms with Crippen molar-refractivity contribution in [1.29, 1.82) is 0 Å². The Balaban J connectivity index is 1.36. The monoisotopic (exact) mass is 544 g/mol. The number of anilines is 2. The lowest BCUT2D eigenvalue weighted by molar-refractivity contribution is -0.111. The quantitative estimate of drug-likeness (QED) is 0.266. The van der Waals surface area contributed by atoms with Crippen LogP contribution in [0.5, 0.6) is 11.5 Å². The highest BCUT2D eigenvalue weighted by Crippen LogP contribution is 2.29. The molecule has 4 aromatic rings. The predicted molar refractivity (Wildman–Crippen MR) is 150 cm³/mol. The van der Waals surface area contributed by atoms with E-state index in [0.29, 0.717) is 35.3 Å². The lowest BCUT2D eigenvalue weighted by Gasteiger charge is -2.11. The molecule has 200 valence electrons. The highest BCUT2D eigenvalue weighted by molar-refractivity contribution is 7.92. The van der Waals surface area contributed by atoms with Gasteiger partial charge in [-0.3, -0.25) is 9.52 Å². The van der Waals surface area contributed by atoms with Crippen LogP contribution in [0, 0.1) is 13.8 Å². The number of methoxy groups -OCH3 is 1. The van der Waals surface area contributed by atoms with Crippen LogP contribution in [-0.2, 0) is 21.4 Å². The molecule has 0 bridgehead atoms. The number of amides is 1. The van der Waals surface area contributed by atoms with Crippen LogP contribution in [0.1, 0.15) is 22.6 Å². The summed E-state index contributed by atoms with van der Waals surface area (Å²) in [5.74, 6) is 1.42. The third-order valence-electron chi connectivity index (χ3n) is 5.49. The Morgan fingerprint density at radius 2 is 1.67 bits per heavy atom. The van der Waals surface area contributed by atoms with E-state index in [-0.39, 0.29) is 16.6 Å². The SMILES string of the molecule is COc1cc(/C=C/C(=O)Nc2ccc(S(=O)(=O)Nc3cc(C)nc(C)n3)cc2)ccc1OCc1ccccc1. The minimum atomic E-state index is -3.86. The van der Waals surface area contributed by atoms with Gasteiger partial charge in [-0.1, -0.05) is 36.4 Å². The Morgan fingerprint density at radius 3 is 2.36 bits per heavy atom. The molecule has 1 heterocycles. The second-order valence-corrected chi connectivity index (χ2v) is 10.3. The number of nitrogens with zero attached hydrogens (tertiary/aromatic N) is 2. The summed E-state index contributed by atoms with van der Waals surface area (Å²) < 4.78 is 39.2. The summed E-state index contributed by atoms with van der Waals surface area (Å²) in [5.41, 5.74) is 2.88. The zero-order valence-corrected chi connectivity index (χ0v) is 22.5. The number of ether oxygens (including phenoxy) is 2. The second-order valence-electron chi connectivity index (χ2n) is 8.58. The summed E-state index contributed by atoms with van der Waals surface area (Å²) in [6.45, 7) is 3.85. The molecule has 0 saturated heterocycles. The first-order chi connectivity index (χ1) is 18.7. The van der Waals surface area contributed by atoms with Gasteiger partial charge in [0.15, 0.2) is 11.5 Å². The average Bonchev–Trinajstić information content (AvgIpc) is 2.91. The first-order valence-corrected chi connectivity index (χ1v) is 13.5. The van der Waals surface area contributed by atoms with Gasteiger partial charge >= 0.3 is 0 Å². The number of rotatable bonds is 10. The van der Waals surface area contributed by atoms with Crippen LogP contribution in [-0.4, -0.2) is 31.4 Å². The molecule has 9 nitrogen and oxygen atoms in total. The van der Waals surface area contributed by atoms with E-state index >= 15 is 0 Å². The van der Waals surface area contributed by atoms with E-state index in [2.05, 4.69) is 20.0 Å². The molecule has 10 heteroatoms. The number of carbonyl (C=O) groups excluding carboxylic acids is 1. The highest BCUT2D eigenvalue weighted by atomic mass is 32.2. The first-order valence-electron chi connectivity index (χ1n) is 12.0. The van der Waals surface area contributed by atoms with Gasteiger partial charge in [0, 0.05) is 23.5 Å². The molecule has 1 aromatic heterocycles. The van der Waals surface area contributed by atoms with Crippen LogP contribution in [0.15, 0.2) is 89.8 Å². The van der Waals surface area contributed by atoms with Gasteiger partial charge < -0.3 is 14.8 Å². The Bertz CT molecular complexity index is 1570. The van der Waals surface area contributed by atoms with Crippen molar-refractivity contribution in [3.8, 4) is 11.5 Å². The molecular weight excluding hydrogens is 516 g/mol. The van der Waals surface area contributed by atoms with E-state index in [4.69, 9.17) is 9.47 Å². The molecule has 4 rings (SSSR count). The Hall–Kier alpha value is -4.70. The van der Waals surface area contributed by atoms with Crippen LogP contribution in [0.25, 0.3) is 6.08 Å². The van der Waals surface area contributed by atoms with E-state index in [9.17, 15) is 13.2 Å². The summed E-state index contributed by atoms with van der Waals surface area (Å²) in [6, 6.07) is 22.6. The van der Waals surface area contributed by atoms with Crippen LogP contribution in [0.4, 0.5) is 11.5 Å². The number of hydrogen-bond donors (Lipinski definition) is 2. The van der Waals surface area contributed by atoms with Crippen molar-refractivity contribution in [2.24, 2.45) is 0 Å². The standard InChI is InChI=1S/C29H28N4O5S/c1-20-17-28(31-21(2)30-20)33-39(35,36)25-13-11-24(12-14-25)32-29(34)16-10-22-9-15-26(27(18-22)37-3)38-19-23-7-5-4-6-8-23/h4-18H,19H2,1-3H3,(H,32,34)(H,30,31,33)/b16-10+. The van der Waals surface area contributed by atoms with Crippen LogP contribution >= 0.6 is 0 Å². The van der Waals surface area contributed by atoms with Gasteiger partial charge in [-0.2, -0.15) is 0 Å². The number of benzene rings is 3. The third-order valence-corrected chi connectivity index (χ3v) is 6.86. The molecule has 0 fully saturated rings. The Kier molecular flexibility index (Phi) is 8.57. The zero-order chi connectivity index (χ0) is 27.8. The summed E-state index contributed by atoms with van der Waals surface area (Å²) in [7, 11) is -2.30. The smallest absolute Gasteiger partial charge is 0.263 e. The Morgan fingerprint density at radius 1 is 0.923 bits per heavy atom. The van der Waals surface area contributed by atoms with Gasteiger partial charge in [0.05, 0.1) is 12.0 Å². The third kappa shape index (κ3) is 7.65. The number of aryl methyl sites for hydroxylation is 2. The largest absolute Gasteiger partial charge is 0.493 e. The molecule has 39 heavy (non-hydrogen) atoms. The summed E-state index contributed by atoms with van der Waals surface area (Å²) in [5, 5.41) is 2.72. The van der Waals surface area contributed by atoms with Gasteiger partial charge in [-0.25, -0.2) is 18.4 Å². The molecule has 1 amide bonds. The van der Waals surface area contributed by atoms with Gasteiger partial charge in [-0.15, -0.1) is 0 Å². The molecule has 0 radical (unpaired) electrons. The van der Waals surface area contributed by atoms with Gasteiger partial charge in [0.25, 0.3) is 10.0 Å². The van der Waals surface area contributed by atoms with Crippen molar-refractivity contribution in [2.45, 2.75) is 25.3 Å². The summed E-state index contributed by atoms with van der Waals surface area (Å²) >= 11 is 0. The maximum Gasteiger partial charge on any atom is 0.263 e. The van der Waals surface area contributed by atoms with Gasteiger partial charge in [0.1, 0.15) is 18.2 Å². The molecule has 0 aliphatic carbocycles. The summed E-state index contributed by atoms with van der Waals surface area (Å²) in [6.07, 6.45) is 3.03. The number of aromatic nitrogens is 2. The van der Waals surface area contributed by atoms with E-state index in [1.807, 2.05) is 36.4 Å². The molecule has 0 aliphatic heterocycles. The highest BCUT2D eigenvalue weighted by Gasteiger charge is 2.15. The summed E-state index contributed by atoms with van der Waals surface area (Å²) in [4.78, 5) is 20.7. The fourth-order valence-corrected chi connectivity index (χ4v) is 4.67. The maximum absolute atomic E-state index is 12.7. The first kappa shape index (κ1) is 27.3. The molecule has 0 atom stereocenters.